The molecule has 1 aliphatic heterocycles. The van der Waals surface area contributed by atoms with Gasteiger partial charge in [-0.3, -0.25) is 9.69 Å². The summed E-state index contributed by atoms with van der Waals surface area (Å²) in [6, 6.07) is 0.464. The first-order chi connectivity index (χ1) is 9.61. The second kappa shape index (κ2) is 6.88. The zero-order valence-electron chi connectivity index (χ0n) is 12.7. The highest BCUT2D eigenvalue weighted by atomic mass is 16.5. The van der Waals surface area contributed by atoms with Crippen molar-refractivity contribution < 1.29 is 9.32 Å². The summed E-state index contributed by atoms with van der Waals surface area (Å²) in [4.78, 5) is 14.5. The Morgan fingerprint density at radius 2 is 2.10 bits per heavy atom. The number of amides is 1. The van der Waals surface area contributed by atoms with Gasteiger partial charge in [0.1, 0.15) is 5.76 Å². The summed E-state index contributed by atoms with van der Waals surface area (Å²) < 4.78 is 5.09. The second-order valence-electron chi connectivity index (χ2n) is 5.59. The molecule has 5 heteroatoms. The third-order valence-electron chi connectivity index (χ3n) is 4.18. The van der Waals surface area contributed by atoms with Gasteiger partial charge in [-0.2, -0.15) is 0 Å². The van der Waals surface area contributed by atoms with Crippen LogP contribution >= 0.6 is 0 Å². The van der Waals surface area contributed by atoms with Crippen LogP contribution in [0.1, 0.15) is 43.2 Å². The highest BCUT2D eigenvalue weighted by Crippen LogP contribution is 2.14. The lowest BCUT2D eigenvalue weighted by Gasteiger charge is -2.26. The number of carbonyl (C=O) groups excluding carboxylic acids is 1. The molecular formula is C15H25N3O2. The number of likely N-dealkylation sites (tertiary alicyclic amines) is 1. The van der Waals surface area contributed by atoms with Gasteiger partial charge in [0.2, 0.25) is 5.91 Å². The van der Waals surface area contributed by atoms with Gasteiger partial charge in [0, 0.05) is 18.2 Å². The molecule has 1 aliphatic rings. The monoisotopic (exact) mass is 279 g/mol. The van der Waals surface area contributed by atoms with E-state index in [0.717, 1.165) is 43.1 Å². The van der Waals surface area contributed by atoms with Crippen molar-refractivity contribution in [2.75, 3.05) is 19.6 Å². The first-order valence-corrected chi connectivity index (χ1v) is 7.54. The lowest BCUT2D eigenvalue weighted by Crippen LogP contribution is -2.42. The number of carbonyl (C=O) groups is 1. The van der Waals surface area contributed by atoms with E-state index >= 15 is 0 Å². The molecule has 112 valence electrons. The highest BCUT2D eigenvalue weighted by Gasteiger charge is 2.21. The number of hydrogen-bond donors (Lipinski definition) is 1. The molecule has 5 nitrogen and oxygen atoms in total. The van der Waals surface area contributed by atoms with Crippen molar-refractivity contribution in [3.63, 3.8) is 0 Å². The fraction of sp³-hybridized carbons (Fsp3) is 0.733. The van der Waals surface area contributed by atoms with Crippen molar-refractivity contribution in [2.45, 2.75) is 52.5 Å². The Labute approximate surface area is 120 Å². The van der Waals surface area contributed by atoms with Gasteiger partial charge in [-0.15, -0.1) is 0 Å². The van der Waals surface area contributed by atoms with E-state index in [4.69, 9.17) is 4.52 Å². The molecule has 1 aromatic heterocycles. The van der Waals surface area contributed by atoms with E-state index in [2.05, 4.69) is 22.3 Å². The van der Waals surface area contributed by atoms with E-state index in [1.165, 1.54) is 12.8 Å². The molecule has 1 aromatic rings. The van der Waals surface area contributed by atoms with E-state index < -0.39 is 0 Å². The molecule has 0 unspecified atom stereocenters. The summed E-state index contributed by atoms with van der Waals surface area (Å²) in [5.41, 5.74) is 1.72. The average molecular weight is 279 g/mol. The topological polar surface area (TPSA) is 58.4 Å². The standard InChI is InChI=1S/C15H25N3O2/c1-4-13(18-7-5-6-8-18)10-16-15(19)9-14-11(2)17-20-12(14)3/h13H,4-10H2,1-3H3,(H,16,19)/t13-/m0/s1. The molecule has 0 spiro atoms. The molecule has 0 aromatic carbocycles. The van der Waals surface area contributed by atoms with E-state index in [0.29, 0.717) is 12.5 Å². The van der Waals surface area contributed by atoms with Gasteiger partial charge in [-0.05, 0) is 46.2 Å². The molecule has 0 saturated carbocycles. The van der Waals surface area contributed by atoms with Crippen LogP contribution in [0.5, 0.6) is 0 Å². The summed E-state index contributed by atoms with van der Waals surface area (Å²) in [5, 5.41) is 6.93. The second-order valence-corrected chi connectivity index (χ2v) is 5.59. The minimum atomic E-state index is 0.0528. The quantitative estimate of drug-likeness (QED) is 0.863. The lowest BCUT2D eigenvalue weighted by atomic mass is 10.1. The average Bonchev–Trinajstić information content (AvgIpc) is 3.05. The van der Waals surface area contributed by atoms with Crippen molar-refractivity contribution >= 4 is 5.91 Å². The highest BCUT2D eigenvalue weighted by molar-refractivity contribution is 5.79. The van der Waals surface area contributed by atoms with Crippen LogP contribution < -0.4 is 5.32 Å². The van der Waals surface area contributed by atoms with Crippen LogP contribution in [0.15, 0.2) is 4.52 Å². The molecule has 0 bridgehead atoms. The Morgan fingerprint density at radius 1 is 1.40 bits per heavy atom. The number of rotatable bonds is 6. The first-order valence-electron chi connectivity index (χ1n) is 7.54. The third-order valence-corrected chi connectivity index (χ3v) is 4.18. The number of aromatic nitrogens is 1. The maximum Gasteiger partial charge on any atom is 0.224 e. The Morgan fingerprint density at radius 3 is 2.65 bits per heavy atom. The fourth-order valence-corrected chi connectivity index (χ4v) is 2.85. The lowest BCUT2D eigenvalue weighted by molar-refractivity contribution is -0.120. The van der Waals surface area contributed by atoms with Crippen LogP contribution in [0.4, 0.5) is 0 Å². The number of nitrogens with zero attached hydrogens (tertiary/aromatic N) is 2. The third kappa shape index (κ3) is 3.60. The number of aryl methyl sites for hydroxylation is 2. The molecule has 0 aliphatic carbocycles. The summed E-state index contributed by atoms with van der Waals surface area (Å²) in [5.74, 6) is 0.793. The van der Waals surface area contributed by atoms with E-state index in [9.17, 15) is 4.79 Å². The molecule has 1 atom stereocenters. The number of hydrogen-bond acceptors (Lipinski definition) is 4. The summed E-state index contributed by atoms with van der Waals surface area (Å²) in [7, 11) is 0. The van der Waals surface area contributed by atoms with Crippen molar-refractivity contribution in [2.24, 2.45) is 0 Å². The predicted octanol–water partition coefficient (Wildman–Crippen LogP) is 1.82. The van der Waals surface area contributed by atoms with Crippen LogP contribution in [0.2, 0.25) is 0 Å². The number of nitrogens with one attached hydrogen (secondary N) is 1. The molecule has 2 rings (SSSR count). The molecule has 2 heterocycles. The molecule has 1 amide bonds. The van der Waals surface area contributed by atoms with Crippen molar-refractivity contribution in [1.82, 2.24) is 15.4 Å². The molecular weight excluding hydrogens is 254 g/mol. The summed E-state index contributed by atoms with van der Waals surface area (Å²) in [6.07, 6.45) is 4.00. The SMILES string of the molecule is CC[C@@H](CNC(=O)Cc1c(C)noc1C)N1CCCC1. The smallest absolute Gasteiger partial charge is 0.224 e. The van der Waals surface area contributed by atoms with Crippen LogP contribution in [0, 0.1) is 13.8 Å². The van der Waals surface area contributed by atoms with Crippen molar-refractivity contribution in [3.8, 4) is 0 Å². The Kier molecular flexibility index (Phi) is 5.17. The molecule has 1 saturated heterocycles. The minimum Gasteiger partial charge on any atom is -0.361 e. The molecule has 1 N–H and O–H groups in total. The first kappa shape index (κ1) is 15.0. The van der Waals surface area contributed by atoms with Gasteiger partial charge in [-0.25, -0.2) is 0 Å². The molecule has 1 fully saturated rings. The van der Waals surface area contributed by atoms with Crippen molar-refractivity contribution in [1.29, 1.82) is 0 Å². The van der Waals surface area contributed by atoms with Gasteiger partial charge in [0.25, 0.3) is 0 Å². The molecule has 20 heavy (non-hydrogen) atoms. The van der Waals surface area contributed by atoms with Gasteiger partial charge in [0.05, 0.1) is 12.1 Å². The Hall–Kier alpha value is -1.36. The van der Waals surface area contributed by atoms with Gasteiger partial charge >= 0.3 is 0 Å². The fourth-order valence-electron chi connectivity index (χ4n) is 2.85. The maximum absolute atomic E-state index is 12.1. The zero-order valence-corrected chi connectivity index (χ0v) is 12.7. The van der Waals surface area contributed by atoms with Crippen LogP contribution in [-0.2, 0) is 11.2 Å². The Balaban J connectivity index is 1.82. The van der Waals surface area contributed by atoms with Crippen LogP contribution in [-0.4, -0.2) is 41.6 Å². The maximum atomic E-state index is 12.1. The Bertz CT molecular complexity index is 430. The summed E-state index contributed by atoms with van der Waals surface area (Å²) >= 11 is 0. The normalized spacial score (nSPS) is 17.4. The minimum absolute atomic E-state index is 0.0528. The van der Waals surface area contributed by atoms with E-state index in [1.807, 2.05) is 13.8 Å². The molecule has 0 radical (unpaired) electrons. The van der Waals surface area contributed by atoms with Gasteiger partial charge < -0.3 is 9.84 Å². The van der Waals surface area contributed by atoms with Crippen molar-refractivity contribution in [3.05, 3.63) is 17.0 Å². The van der Waals surface area contributed by atoms with Gasteiger partial charge in [-0.1, -0.05) is 12.1 Å². The van der Waals surface area contributed by atoms with E-state index in [1.54, 1.807) is 0 Å². The summed E-state index contributed by atoms with van der Waals surface area (Å²) in [6.45, 7) is 8.97. The largest absolute Gasteiger partial charge is 0.361 e. The van der Waals surface area contributed by atoms with Crippen LogP contribution in [0.25, 0.3) is 0 Å². The zero-order chi connectivity index (χ0) is 14.5. The van der Waals surface area contributed by atoms with Crippen LogP contribution in [0.3, 0.4) is 0 Å². The predicted molar refractivity (Wildman–Crippen MR) is 77.6 cm³/mol. The van der Waals surface area contributed by atoms with Gasteiger partial charge in [0.15, 0.2) is 0 Å². The van der Waals surface area contributed by atoms with E-state index in [-0.39, 0.29) is 5.91 Å².